The maximum atomic E-state index is 12.8. The molecule has 0 bridgehead atoms. The molecular weight excluding hydrogens is 384 g/mol. The van der Waals surface area contributed by atoms with Crippen LogP contribution in [0.5, 0.6) is 0 Å². The van der Waals surface area contributed by atoms with Gasteiger partial charge in [-0.1, -0.05) is 42.8 Å². The number of aromatic nitrogens is 1. The molecule has 1 aromatic carbocycles. The Morgan fingerprint density at radius 3 is 2.45 bits per heavy atom. The summed E-state index contributed by atoms with van der Waals surface area (Å²) in [7, 11) is 4.12. The Labute approximate surface area is 179 Å². The number of hydrogen-bond donors (Lipinski definition) is 1. The Morgan fingerprint density at radius 1 is 1.21 bits per heavy atom. The summed E-state index contributed by atoms with van der Waals surface area (Å²) in [5.41, 5.74) is 2.56. The Morgan fingerprint density at radius 2 is 1.90 bits per heavy atom. The van der Waals surface area contributed by atoms with Gasteiger partial charge in [-0.15, -0.1) is 0 Å². The molecule has 1 aromatic heterocycles. The number of likely N-dealkylation sites (N-methyl/N-ethyl adjacent to an activating group) is 1. The lowest BCUT2D eigenvalue weighted by atomic mass is 9.95. The van der Waals surface area contributed by atoms with Crippen molar-refractivity contribution in [1.29, 1.82) is 0 Å². The van der Waals surface area contributed by atoms with Crippen molar-refractivity contribution in [2.45, 2.75) is 32.2 Å². The number of anilines is 1. The fourth-order valence-electron chi connectivity index (χ4n) is 3.84. The topological polar surface area (TPSA) is 48.5 Å². The summed E-state index contributed by atoms with van der Waals surface area (Å²) in [4.78, 5) is 21.5. The van der Waals surface area contributed by atoms with Crippen LogP contribution in [-0.4, -0.2) is 49.5 Å². The summed E-state index contributed by atoms with van der Waals surface area (Å²) in [6, 6.07) is 12.7. The zero-order chi connectivity index (χ0) is 20.8. The van der Waals surface area contributed by atoms with Crippen molar-refractivity contribution in [2.75, 3.05) is 38.6 Å². The Balaban J connectivity index is 1.52. The number of nitrogens with one attached hydrogen (secondary N) is 1. The van der Waals surface area contributed by atoms with Gasteiger partial charge in [-0.2, -0.15) is 0 Å². The number of nitrogens with zero attached hydrogens (tertiary/aromatic N) is 3. The Kier molecular flexibility index (Phi) is 7.51. The average Bonchev–Trinajstić information content (AvgIpc) is 2.74. The van der Waals surface area contributed by atoms with Crippen LogP contribution in [0.15, 0.2) is 42.6 Å². The Hall–Kier alpha value is -2.11. The molecule has 0 spiro atoms. The summed E-state index contributed by atoms with van der Waals surface area (Å²) >= 11 is 5.92. The van der Waals surface area contributed by atoms with Gasteiger partial charge < -0.3 is 15.1 Å². The van der Waals surface area contributed by atoms with Crippen molar-refractivity contribution in [3.8, 4) is 0 Å². The van der Waals surface area contributed by atoms with E-state index in [2.05, 4.69) is 65.4 Å². The second kappa shape index (κ2) is 10.1. The predicted octanol–water partition coefficient (Wildman–Crippen LogP) is 3.93. The summed E-state index contributed by atoms with van der Waals surface area (Å²) in [6.45, 7) is 4.45. The summed E-state index contributed by atoms with van der Waals surface area (Å²) in [5, 5.41) is 3.83. The molecule has 0 aliphatic carbocycles. The number of rotatable bonds is 7. The van der Waals surface area contributed by atoms with Crippen LogP contribution in [0, 0.1) is 5.92 Å². The summed E-state index contributed by atoms with van der Waals surface area (Å²) < 4.78 is 0. The van der Waals surface area contributed by atoms with Gasteiger partial charge in [0.05, 0.1) is 11.1 Å². The highest BCUT2D eigenvalue weighted by Crippen LogP contribution is 2.24. The monoisotopic (exact) mass is 414 g/mol. The largest absolute Gasteiger partial charge is 0.357 e. The van der Waals surface area contributed by atoms with E-state index in [1.165, 1.54) is 11.1 Å². The fourth-order valence-corrected chi connectivity index (χ4v) is 3.95. The lowest BCUT2D eigenvalue weighted by Gasteiger charge is -2.33. The molecule has 1 saturated heterocycles. The van der Waals surface area contributed by atoms with Gasteiger partial charge in [0.15, 0.2) is 0 Å². The molecule has 1 unspecified atom stereocenters. The quantitative estimate of drug-likeness (QED) is 0.745. The first-order valence-corrected chi connectivity index (χ1v) is 10.7. The third-order valence-electron chi connectivity index (χ3n) is 5.77. The van der Waals surface area contributed by atoms with Crippen LogP contribution in [0.25, 0.3) is 0 Å². The van der Waals surface area contributed by atoms with Gasteiger partial charge in [0, 0.05) is 31.7 Å². The van der Waals surface area contributed by atoms with E-state index < -0.39 is 0 Å². The minimum absolute atomic E-state index is 0.0591. The van der Waals surface area contributed by atoms with Gasteiger partial charge in [-0.25, -0.2) is 4.98 Å². The number of hydrogen-bond acceptors (Lipinski definition) is 4. The second-order valence-electron chi connectivity index (χ2n) is 7.92. The summed E-state index contributed by atoms with van der Waals surface area (Å²) in [6.07, 6.45) is 4.39. The Bertz CT molecular complexity index is 784. The first-order valence-electron chi connectivity index (χ1n) is 10.4. The lowest BCUT2D eigenvalue weighted by molar-refractivity contribution is -0.125. The van der Waals surface area contributed by atoms with Gasteiger partial charge in [-0.05, 0) is 56.6 Å². The van der Waals surface area contributed by atoms with E-state index in [0.717, 1.165) is 38.2 Å². The number of benzene rings is 1. The first-order chi connectivity index (χ1) is 14.0. The number of piperidine rings is 1. The zero-order valence-corrected chi connectivity index (χ0v) is 18.3. The van der Waals surface area contributed by atoms with Crippen molar-refractivity contribution in [3.05, 3.63) is 58.7 Å². The smallest absolute Gasteiger partial charge is 0.223 e. The number of halogens is 1. The molecule has 2 aromatic rings. The zero-order valence-electron chi connectivity index (χ0n) is 17.6. The highest BCUT2D eigenvalue weighted by Gasteiger charge is 2.26. The molecule has 1 aliphatic heterocycles. The van der Waals surface area contributed by atoms with Crippen LogP contribution < -0.4 is 10.2 Å². The van der Waals surface area contributed by atoms with Gasteiger partial charge in [0.1, 0.15) is 5.82 Å². The normalized spacial score (nSPS) is 16.1. The van der Waals surface area contributed by atoms with Crippen molar-refractivity contribution in [2.24, 2.45) is 5.92 Å². The molecule has 5 nitrogen and oxygen atoms in total. The third-order valence-corrected chi connectivity index (χ3v) is 5.99. The number of carbonyl (C=O) groups is 1. The SMILES string of the molecule is CCc1ccc(C(CNC(=O)C2CCN(c3ccc(Cl)cn3)CC2)N(C)C)cc1. The standard InChI is InChI=1S/C23H31ClN4O/c1-4-17-5-7-18(8-6-17)21(27(2)3)16-26-23(29)19-11-13-28(14-12-19)22-10-9-20(24)15-25-22/h5-10,15,19,21H,4,11-14,16H2,1-3H3,(H,26,29). The van der Waals surface area contributed by atoms with E-state index in [0.29, 0.717) is 11.6 Å². The molecule has 0 radical (unpaired) electrons. The van der Waals surface area contributed by atoms with Crippen molar-refractivity contribution < 1.29 is 4.79 Å². The van der Waals surface area contributed by atoms with Gasteiger partial charge in [0.25, 0.3) is 0 Å². The number of aryl methyl sites for hydroxylation is 1. The minimum atomic E-state index is 0.0591. The average molecular weight is 415 g/mol. The summed E-state index contributed by atoms with van der Waals surface area (Å²) in [5.74, 6) is 1.14. The molecule has 156 valence electrons. The molecule has 1 amide bonds. The molecule has 1 atom stereocenters. The van der Waals surface area contributed by atoms with E-state index in [-0.39, 0.29) is 17.9 Å². The maximum absolute atomic E-state index is 12.8. The van der Waals surface area contributed by atoms with E-state index in [1.807, 2.05) is 12.1 Å². The van der Waals surface area contributed by atoms with Crippen LogP contribution >= 0.6 is 11.6 Å². The molecule has 2 heterocycles. The lowest BCUT2D eigenvalue weighted by Crippen LogP contribution is -2.43. The van der Waals surface area contributed by atoms with Crippen molar-refractivity contribution in [3.63, 3.8) is 0 Å². The minimum Gasteiger partial charge on any atom is -0.357 e. The van der Waals surface area contributed by atoms with Crippen molar-refractivity contribution in [1.82, 2.24) is 15.2 Å². The second-order valence-corrected chi connectivity index (χ2v) is 8.35. The molecule has 6 heteroatoms. The molecule has 0 saturated carbocycles. The van der Waals surface area contributed by atoms with Crippen LogP contribution in [0.3, 0.4) is 0 Å². The molecule has 1 N–H and O–H groups in total. The van der Waals surface area contributed by atoms with Crippen LogP contribution in [0.2, 0.25) is 5.02 Å². The van der Waals surface area contributed by atoms with Gasteiger partial charge in [-0.3, -0.25) is 4.79 Å². The van der Waals surface area contributed by atoms with Crippen molar-refractivity contribution >= 4 is 23.3 Å². The predicted molar refractivity (Wildman–Crippen MR) is 119 cm³/mol. The number of pyridine rings is 1. The van der Waals surface area contributed by atoms with Crippen LogP contribution in [0.4, 0.5) is 5.82 Å². The van der Waals surface area contributed by atoms with Crippen LogP contribution in [-0.2, 0) is 11.2 Å². The molecule has 1 aliphatic rings. The van der Waals surface area contributed by atoms with Gasteiger partial charge in [0.2, 0.25) is 5.91 Å². The van der Waals surface area contributed by atoms with E-state index in [9.17, 15) is 4.79 Å². The van der Waals surface area contributed by atoms with Crippen LogP contribution in [0.1, 0.15) is 36.9 Å². The van der Waals surface area contributed by atoms with E-state index in [1.54, 1.807) is 6.20 Å². The maximum Gasteiger partial charge on any atom is 0.223 e. The highest BCUT2D eigenvalue weighted by atomic mass is 35.5. The molecule has 1 fully saturated rings. The third kappa shape index (κ3) is 5.71. The number of carbonyl (C=O) groups excluding carboxylic acids is 1. The highest BCUT2D eigenvalue weighted by molar-refractivity contribution is 6.30. The molecular formula is C23H31ClN4O. The first kappa shape index (κ1) is 21.6. The fraction of sp³-hybridized carbons (Fsp3) is 0.478. The number of amides is 1. The molecule has 29 heavy (non-hydrogen) atoms. The van der Waals surface area contributed by atoms with Gasteiger partial charge >= 0.3 is 0 Å². The van der Waals surface area contributed by atoms with E-state index >= 15 is 0 Å². The molecule has 3 rings (SSSR count). The van der Waals surface area contributed by atoms with E-state index in [4.69, 9.17) is 11.6 Å².